The number of nitrogens with one attached hydrogen (secondary N) is 2. The molecule has 0 bridgehead atoms. The van der Waals surface area contributed by atoms with Gasteiger partial charge >= 0.3 is 6.03 Å². The zero-order valence-electron chi connectivity index (χ0n) is 15.7. The quantitative estimate of drug-likeness (QED) is 0.674. The second kappa shape index (κ2) is 9.35. The molecule has 10 heteroatoms. The monoisotopic (exact) mass is 467 g/mol. The first-order chi connectivity index (χ1) is 13.4. The van der Waals surface area contributed by atoms with E-state index in [9.17, 15) is 9.59 Å². The van der Waals surface area contributed by atoms with Crippen molar-refractivity contribution in [3.8, 4) is 0 Å². The number of carbonyl (C=O) groups excluding carboxylic acids is 2. The van der Waals surface area contributed by atoms with Crippen LogP contribution in [0.5, 0.6) is 0 Å². The first kappa shape index (κ1) is 20.6. The molecule has 2 N–H and O–H groups in total. The molecule has 1 aliphatic rings. The molecule has 0 saturated carbocycles. The Morgan fingerprint density at radius 3 is 2.61 bits per heavy atom. The van der Waals surface area contributed by atoms with E-state index in [1.807, 2.05) is 24.3 Å². The van der Waals surface area contributed by atoms with Gasteiger partial charge in [-0.1, -0.05) is 39.4 Å². The van der Waals surface area contributed by atoms with Gasteiger partial charge in [0, 0.05) is 31.2 Å². The summed E-state index contributed by atoms with van der Waals surface area (Å²) in [5.41, 5.74) is 6.55. The van der Waals surface area contributed by atoms with Crippen molar-refractivity contribution in [3.05, 3.63) is 44.9 Å². The van der Waals surface area contributed by atoms with Crippen LogP contribution in [-0.4, -0.2) is 55.2 Å². The summed E-state index contributed by atoms with van der Waals surface area (Å²) in [6.07, 6.45) is 0. The Morgan fingerprint density at radius 2 is 1.93 bits per heavy atom. The minimum atomic E-state index is -0.396. The van der Waals surface area contributed by atoms with Gasteiger partial charge in [-0.15, -0.1) is 0 Å². The zero-order valence-corrected chi connectivity index (χ0v) is 18.1. The van der Waals surface area contributed by atoms with Crippen LogP contribution in [0.15, 0.2) is 28.7 Å². The number of ether oxygens (including phenoxy) is 1. The van der Waals surface area contributed by atoms with E-state index in [1.54, 1.807) is 14.0 Å². The molecule has 1 aliphatic heterocycles. The summed E-state index contributed by atoms with van der Waals surface area (Å²) in [6.45, 7) is 5.03. The summed E-state index contributed by atoms with van der Waals surface area (Å²) < 4.78 is 6.32. The number of aryl methyl sites for hydroxylation is 1. The molecule has 1 fully saturated rings. The number of benzene rings is 1. The van der Waals surface area contributed by atoms with Crippen LogP contribution < -0.4 is 15.8 Å². The molecule has 8 nitrogen and oxygen atoms in total. The van der Waals surface area contributed by atoms with Gasteiger partial charge in [-0.25, -0.2) is 15.2 Å². The Hall–Kier alpha value is -2.17. The van der Waals surface area contributed by atoms with E-state index < -0.39 is 6.03 Å². The highest BCUT2D eigenvalue weighted by Gasteiger charge is 2.21. The van der Waals surface area contributed by atoms with Gasteiger partial charge < -0.3 is 14.5 Å². The lowest BCUT2D eigenvalue weighted by molar-refractivity contribution is 0.0934. The van der Waals surface area contributed by atoms with Crippen LogP contribution >= 0.6 is 27.3 Å². The Morgan fingerprint density at radius 1 is 1.25 bits per heavy atom. The van der Waals surface area contributed by atoms with Crippen LogP contribution in [0.4, 0.5) is 9.93 Å². The number of thiazole rings is 1. The molecule has 1 saturated heterocycles. The average molecular weight is 468 g/mol. The van der Waals surface area contributed by atoms with E-state index in [1.165, 1.54) is 16.2 Å². The van der Waals surface area contributed by atoms with E-state index in [2.05, 4.69) is 36.7 Å². The number of aromatic nitrogens is 1. The number of rotatable bonds is 4. The molecule has 150 valence electrons. The average Bonchev–Trinajstić information content (AvgIpc) is 3.10. The van der Waals surface area contributed by atoms with Gasteiger partial charge in [-0.3, -0.25) is 10.2 Å². The molecule has 3 amide bonds. The standard InChI is InChI=1S/C18H22BrN5O3S/c1-12-15(28-18(20-12)24-7-9-27-10-8-24)16(25)21-22-17(26)23(2)11-13-3-5-14(19)6-4-13/h3-6H,7-11H2,1-2H3,(H,21,25)(H,22,26). The minimum absolute atomic E-state index is 0.375. The van der Waals surface area contributed by atoms with E-state index in [0.717, 1.165) is 28.3 Å². The predicted octanol–water partition coefficient (Wildman–Crippen LogP) is 2.54. The summed E-state index contributed by atoms with van der Waals surface area (Å²) in [5, 5.41) is 0.796. The predicted molar refractivity (Wildman–Crippen MR) is 111 cm³/mol. The Balaban J connectivity index is 1.53. The fourth-order valence-corrected chi connectivity index (χ4v) is 3.96. The molecule has 0 aliphatic carbocycles. The first-order valence-corrected chi connectivity index (χ1v) is 10.4. The maximum Gasteiger partial charge on any atom is 0.336 e. The van der Waals surface area contributed by atoms with Crippen LogP contribution in [0.1, 0.15) is 20.9 Å². The number of urea groups is 1. The fourth-order valence-electron chi connectivity index (χ4n) is 2.68. The van der Waals surface area contributed by atoms with Crippen molar-refractivity contribution < 1.29 is 14.3 Å². The molecular formula is C18H22BrN5O3S. The van der Waals surface area contributed by atoms with Crippen LogP contribution in [0.25, 0.3) is 0 Å². The smallest absolute Gasteiger partial charge is 0.336 e. The lowest BCUT2D eigenvalue weighted by Gasteiger charge is -2.26. The Labute approximate surface area is 176 Å². The topological polar surface area (TPSA) is 86.8 Å². The Kier molecular flexibility index (Phi) is 6.87. The highest BCUT2D eigenvalue weighted by atomic mass is 79.9. The van der Waals surface area contributed by atoms with Crippen molar-refractivity contribution in [2.45, 2.75) is 13.5 Å². The largest absolute Gasteiger partial charge is 0.378 e. The zero-order chi connectivity index (χ0) is 20.1. The second-order valence-electron chi connectivity index (χ2n) is 6.38. The summed E-state index contributed by atoms with van der Waals surface area (Å²) in [6, 6.07) is 7.30. The van der Waals surface area contributed by atoms with Gasteiger partial charge in [0.25, 0.3) is 5.91 Å². The van der Waals surface area contributed by atoms with Gasteiger partial charge in [0.05, 0.1) is 18.9 Å². The molecule has 0 unspecified atom stereocenters. The lowest BCUT2D eigenvalue weighted by Crippen LogP contribution is -2.47. The molecule has 2 aromatic rings. The third-order valence-electron chi connectivity index (χ3n) is 4.24. The molecule has 3 rings (SSSR count). The molecule has 0 spiro atoms. The number of hydrazine groups is 1. The fraction of sp³-hybridized carbons (Fsp3) is 0.389. The van der Waals surface area contributed by atoms with Crippen molar-refractivity contribution >= 4 is 44.3 Å². The van der Waals surface area contributed by atoms with E-state index >= 15 is 0 Å². The van der Waals surface area contributed by atoms with E-state index in [4.69, 9.17) is 4.74 Å². The SMILES string of the molecule is Cc1nc(N2CCOCC2)sc1C(=O)NNC(=O)N(C)Cc1ccc(Br)cc1. The van der Waals surface area contributed by atoms with Crippen molar-refractivity contribution in [2.75, 3.05) is 38.3 Å². The number of hydrogen-bond donors (Lipinski definition) is 2. The number of nitrogens with zero attached hydrogens (tertiary/aromatic N) is 3. The van der Waals surface area contributed by atoms with Gasteiger partial charge in [-0.2, -0.15) is 0 Å². The number of morpholine rings is 1. The summed E-state index contributed by atoms with van der Waals surface area (Å²) >= 11 is 4.70. The van der Waals surface area contributed by atoms with Crippen LogP contribution in [0.2, 0.25) is 0 Å². The van der Waals surface area contributed by atoms with Gasteiger partial charge in [0.1, 0.15) is 4.88 Å². The van der Waals surface area contributed by atoms with Gasteiger partial charge in [0.2, 0.25) is 0 Å². The van der Waals surface area contributed by atoms with E-state index in [-0.39, 0.29) is 5.91 Å². The van der Waals surface area contributed by atoms with Crippen LogP contribution in [-0.2, 0) is 11.3 Å². The normalized spacial score (nSPS) is 13.9. The summed E-state index contributed by atoms with van der Waals surface area (Å²) in [5.74, 6) is -0.375. The van der Waals surface area contributed by atoms with Crippen molar-refractivity contribution in [1.29, 1.82) is 0 Å². The lowest BCUT2D eigenvalue weighted by atomic mass is 10.2. The molecular weight excluding hydrogens is 446 g/mol. The third-order valence-corrected chi connectivity index (χ3v) is 5.98. The van der Waals surface area contributed by atoms with Crippen molar-refractivity contribution in [1.82, 2.24) is 20.7 Å². The highest BCUT2D eigenvalue weighted by molar-refractivity contribution is 9.10. The molecule has 28 heavy (non-hydrogen) atoms. The summed E-state index contributed by atoms with van der Waals surface area (Å²) in [7, 11) is 1.66. The summed E-state index contributed by atoms with van der Waals surface area (Å²) in [4.78, 5) is 33.3. The van der Waals surface area contributed by atoms with Crippen molar-refractivity contribution in [2.24, 2.45) is 0 Å². The number of carbonyl (C=O) groups is 2. The molecule has 0 atom stereocenters. The first-order valence-electron chi connectivity index (χ1n) is 8.80. The van der Waals surface area contributed by atoms with E-state index in [0.29, 0.717) is 30.3 Å². The molecule has 0 radical (unpaired) electrons. The number of anilines is 1. The number of hydrogen-bond acceptors (Lipinski definition) is 6. The maximum atomic E-state index is 12.5. The molecule has 1 aromatic carbocycles. The second-order valence-corrected chi connectivity index (χ2v) is 8.27. The minimum Gasteiger partial charge on any atom is -0.378 e. The maximum absolute atomic E-state index is 12.5. The van der Waals surface area contributed by atoms with Gasteiger partial charge in [-0.05, 0) is 24.6 Å². The molecule has 2 heterocycles. The molecule has 1 aromatic heterocycles. The Bertz CT molecular complexity index is 836. The number of amides is 3. The van der Waals surface area contributed by atoms with Crippen LogP contribution in [0, 0.1) is 6.92 Å². The highest BCUT2D eigenvalue weighted by Crippen LogP contribution is 2.26. The van der Waals surface area contributed by atoms with Gasteiger partial charge in [0.15, 0.2) is 5.13 Å². The van der Waals surface area contributed by atoms with Crippen molar-refractivity contribution in [3.63, 3.8) is 0 Å². The van der Waals surface area contributed by atoms with Crippen LogP contribution in [0.3, 0.4) is 0 Å². The number of halogens is 1. The third kappa shape index (κ3) is 5.21.